The van der Waals surface area contributed by atoms with Gasteiger partial charge in [-0.2, -0.15) is 0 Å². The van der Waals surface area contributed by atoms with Crippen LogP contribution in [0.15, 0.2) is 48.5 Å². The lowest BCUT2D eigenvalue weighted by atomic mass is 10.1. The molecule has 0 unspecified atom stereocenters. The number of carbonyl (C=O) groups is 1. The second-order valence-electron chi connectivity index (χ2n) is 7.12. The molecule has 0 bridgehead atoms. The van der Waals surface area contributed by atoms with E-state index in [0.29, 0.717) is 19.7 Å². The van der Waals surface area contributed by atoms with Crippen LogP contribution in [0.3, 0.4) is 0 Å². The van der Waals surface area contributed by atoms with Crippen molar-refractivity contribution >= 4 is 11.7 Å². The van der Waals surface area contributed by atoms with Gasteiger partial charge in [0.15, 0.2) is 0 Å². The number of hydrogen-bond acceptors (Lipinski definition) is 4. The lowest BCUT2D eigenvalue weighted by Gasteiger charge is -2.28. The van der Waals surface area contributed by atoms with Gasteiger partial charge in [-0.15, -0.1) is 0 Å². The quantitative estimate of drug-likeness (QED) is 0.636. The maximum atomic E-state index is 12.2. The largest absolute Gasteiger partial charge is 0.378 e. The second-order valence-corrected chi connectivity index (χ2v) is 7.12. The summed E-state index contributed by atoms with van der Waals surface area (Å²) in [6, 6.07) is 16.2. The van der Waals surface area contributed by atoms with E-state index >= 15 is 0 Å². The van der Waals surface area contributed by atoms with E-state index in [9.17, 15) is 4.79 Å². The minimum Gasteiger partial charge on any atom is -0.378 e. The van der Waals surface area contributed by atoms with Gasteiger partial charge in [0.05, 0.1) is 19.8 Å². The molecule has 2 aromatic rings. The Labute approximate surface area is 173 Å². The standard InChI is InChI=1S/C23H31N3O3/c1-2-13-29-18-21-6-4-3-5-20(21)17-25-23(27)24-16-19-7-9-22(10-8-19)26-11-14-28-15-12-26/h3-10H,2,11-18H2,1H3,(H2,24,25,27). The number of urea groups is 1. The van der Waals surface area contributed by atoms with Crippen molar-refractivity contribution in [1.29, 1.82) is 0 Å². The number of amides is 2. The Morgan fingerprint density at radius 2 is 1.69 bits per heavy atom. The van der Waals surface area contributed by atoms with Crippen molar-refractivity contribution in [2.24, 2.45) is 0 Å². The first kappa shape index (κ1) is 21.1. The highest BCUT2D eigenvalue weighted by atomic mass is 16.5. The zero-order valence-electron chi connectivity index (χ0n) is 17.2. The summed E-state index contributed by atoms with van der Waals surface area (Å²) in [5.74, 6) is 0. The van der Waals surface area contributed by atoms with Crippen molar-refractivity contribution in [3.05, 3.63) is 65.2 Å². The summed E-state index contributed by atoms with van der Waals surface area (Å²) >= 11 is 0. The Kier molecular flexibility index (Phi) is 8.34. The lowest BCUT2D eigenvalue weighted by molar-refractivity contribution is 0.121. The van der Waals surface area contributed by atoms with Gasteiger partial charge in [-0.3, -0.25) is 0 Å². The molecule has 29 heavy (non-hydrogen) atoms. The fourth-order valence-corrected chi connectivity index (χ4v) is 3.26. The minimum absolute atomic E-state index is 0.175. The molecule has 0 radical (unpaired) electrons. The highest BCUT2D eigenvalue weighted by molar-refractivity contribution is 5.73. The number of nitrogens with one attached hydrogen (secondary N) is 2. The van der Waals surface area contributed by atoms with Crippen molar-refractivity contribution in [3.63, 3.8) is 0 Å². The van der Waals surface area contributed by atoms with Crippen molar-refractivity contribution in [2.75, 3.05) is 37.8 Å². The summed E-state index contributed by atoms with van der Waals surface area (Å²) in [5.41, 5.74) is 4.46. The average Bonchev–Trinajstić information content (AvgIpc) is 2.78. The van der Waals surface area contributed by atoms with Gasteiger partial charge in [0, 0.05) is 38.5 Å². The maximum Gasteiger partial charge on any atom is 0.315 e. The molecule has 0 spiro atoms. The highest BCUT2D eigenvalue weighted by Crippen LogP contribution is 2.16. The summed E-state index contributed by atoms with van der Waals surface area (Å²) in [7, 11) is 0. The number of morpholine rings is 1. The van der Waals surface area contributed by atoms with Crippen LogP contribution >= 0.6 is 0 Å². The molecule has 0 aliphatic carbocycles. The second kappa shape index (κ2) is 11.4. The molecule has 1 saturated heterocycles. The molecule has 2 amide bonds. The van der Waals surface area contributed by atoms with E-state index in [2.05, 4.69) is 46.7 Å². The molecule has 156 valence electrons. The van der Waals surface area contributed by atoms with Crippen LogP contribution in [0.2, 0.25) is 0 Å². The number of nitrogens with zero attached hydrogens (tertiary/aromatic N) is 1. The number of anilines is 1. The van der Waals surface area contributed by atoms with Gasteiger partial charge in [0.1, 0.15) is 0 Å². The van der Waals surface area contributed by atoms with Crippen molar-refractivity contribution in [3.8, 4) is 0 Å². The van der Waals surface area contributed by atoms with E-state index in [-0.39, 0.29) is 6.03 Å². The zero-order valence-corrected chi connectivity index (χ0v) is 17.2. The summed E-state index contributed by atoms with van der Waals surface area (Å²) in [4.78, 5) is 14.5. The van der Waals surface area contributed by atoms with Crippen LogP contribution in [-0.4, -0.2) is 38.9 Å². The number of rotatable bonds is 9. The molecule has 1 fully saturated rings. The van der Waals surface area contributed by atoms with Crippen LogP contribution < -0.4 is 15.5 Å². The van der Waals surface area contributed by atoms with Crippen LogP contribution in [0, 0.1) is 0 Å². The first-order valence-electron chi connectivity index (χ1n) is 10.3. The Morgan fingerprint density at radius 3 is 2.41 bits per heavy atom. The number of ether oxygens (including phenoxy) is 2. The van der Waals surface area contributed by atoms with E-state index in [4.69, 9.17) is 9.47 Å². The van der Waals surface area contributed by atoms with Crippen LogP contribution in [0.5, 0.6) is 0 Å². The number of benzene rings is 2. The third-order valence-corrected chi connectivity index (χ3v) is 4.93. The van der Waals surface area contributed by atoms with Crippen molar-refractivity contribution < 1.29 is 14.3 Å². The fraction of sp³-hybridized carbons (Fsp3) is 0.435. The molecule has 1 aliphatic heterocycles. The maximum absolute atomic E-state index is 12.2. The molecule has 3 rings (SSSR count). The molecule has 0 saturated carbocycles. The summed E-state index contributed by atoms with van der Waals surface area (Å²) < 4.78 is 11.0. The van der Waals surface area contributed by atoms with Crippen LogP contribution in [-0.2, 0) is 29.2 Å². The van der Waals surface area contributed by atoms with Crippen molar-refractivity contribution in [2.45, 2.75) is 33.0 Å². The Balaban J connectivity index is 1.43. The normalized spacial score (nSPS) is 13.9. The highest BCUT2D eigenvalue weighted by Gasteiger charge is 2.11. The molecule has 2 aromatic carbocycles. The van der Waals surface area contributed by atoms with Gasteiger partial charge in [-0.25, -0.2) is 4.79 Å². The van der Waals surface area contributed by atoms with E-state index in [1.807, 2.05) is 24.3 Å². The van der Waals surface area contributed by atoms with Crippen molar-refractivity contribution in [1.82, 2.24) is 10.6 Å². The molecule has 0 aromatic heterocycles. The van der Waals surface area contributed by atoms with Gasteiger partial charge in [0.2, 0.25) is 0 Å². The third-order valence-electron chi connectivity index (χ3n) is 4.93. The molecule has 6 nitrogen and oxygen atoms in total. The smallest absolute Gasteiger partial charge is 0.315 e. The van der Waals surface area contributed by atoms with E-state index in [1.54, 1.807) is 0 Å². The summed E-state index contributed by atoms with van der Waals surface area (Å²) in [6.45, 7) is 7.78. The van der Waals surface area contributed by atoms with Gasteiger partial charge in [-0.1, -0.05) is 43.3 Å². The van der Waals surface area contributed by atoms with Gasteiger partial charge >= 0.3 is 6.03 Å². The SMILES string of the molecule is CCCOCc1ccccc1CNC(=O)NCc1ccc(N2CCOCC2)cc1. The molecular formula is C23H31N3O3. The molecule has 2 N–H and O–H groups in total. The minimum atomic E-state index is -0.175. The van der Waals surface area contributed by atoms with Crippen LogP contribution in [0.25, 0.3) is 0 Å². The van der Waals surface area contributed by atoms with Gasteiger partial charge < -0.3 is 25.0 Å². The monoisotopic (exact) mass is 397 g/mol. The molecular weight excluding hydrogens is 366 g/mol. The first-order chi connectivity index (χ1) is 14.3. The Hall–Kier alpha value is -2.57. The first-order valence-corrected chi connectivity index (χ1v) is 10.3. The number of carbonyl (C=O) groups excluding carboxylic acids is 1. The van der Waals surface area contributed by atoms with Gasteiger partial charge in [-0.05, 0) is 35.2 Å². The third kappa shape index (κ3) is 6.76. The Bertz CT molecular complexity index is 758. The molecule has 1 heterocycles. The average molecular weight is 398 g/mol. The predicted octanol–water partition coefficient (Wildman–Crippen LogP) is 3.45. The predicted molar refractivity (Wildman–Crippen MR) is 115 cm³/mol. The summed E-state index contributed by atoms with van der Waals surface area (Å²) in [6.07, 6.45) is 0.996. The fourth-order valence-electron chi connectivity index (χ4n) is 3.26. The topological polar surface area (TPSA) is 62.8 Å². The van der Waals surface area contributed by atoms with Crippen LogP contribution in [0.4, 0.5) is 10.5 Å². The molecule has 0 atom stereocenters. The molecule has 1 aliphatic rings. The van der Waals surface area contributed by atoms with Crippen LogP contribution in [0.1, 0.15) is 30.0 Å². The number of hydrogen-bond donors (Lipinski definition) is 2. The Morgan fingerprint density at radius 1 is 1.00 bits per heavy atom. The lowest BCUT2D eigenvalue weighted by Crippen LogP contribution is -2.36. The summed E-state index contributed by atoms with van der Waals surface area (Å²) in [5, 5.41) is 5.86. The zero-order chi connectivity index (χ0) is 20.3. The molecule has 6 heteroatoms. The van der Waals surface area contributed by atoms with Gasteiger partial charge in [0.25, 0.3) is 0 Å². The van der Waals surface area contributed by atoms with E-state index in [1.165, 1.54) is 5.69 Å². The van der Waals surface area contributed by atoms with E-state index < -0.39 is 0 Å². The van der Waals surface area contributed by atoms with E-state index in [0.717, 1.165) is 56.0 Å².